The number of halogens is 3. The van der Waals surface area contributed by atoms with E-state index in [9.17, 15) is 18.0 Å². The van der Waals surface area contributed by atoms with Crippen LogP contribution in [0.3, 0.4) is 0 Å². The van der Waals surface area contributed by atoms with Gasteiger partial charge in [0.2, 0.25) is 0 Å². The zero-order chi connectivity index (χ0) is 19.4. The molecule has 1 aliphatic rings. The molecule has 0 spiro atoms. The van der Waals surface area contributed by atoms with Crippen molar-refractivity contribution in [3.63, 3.8) is 0 Å². The monoisotopic (exact) mass is 379 g/mol. The van der Waals surface area contributed by atoms with Gasteiger partial charge in [0, 0.05) is 37.3 Å². The Morgan fingerprint density at radius 3 is 2.07 bits per heavy atom. The number of hydrogen-bond donors (Lipinski definition) is 2. The summed E-state index contributed by atoms with van der Waals surface area (Å²) in [4.78, 5) is 14.2. The molecule has 27 heavy (non-hydrogen) atoms. The molecule has 5 nitrogen and oxygen atoms in total. The van der Waals surface area contributed by atoms with Crippen molar-refractivity contribution in [2.45, 2.75) is 18.7 Å². The fourth-order valence-electron chi connectivity index (χ4n) is 2.95. The fraction of sp³-hybridized carbons (Fsp3) is 0.316. The van der Waals surface area contributed by atoms with E-state index in [1.165, 1.54) is 12.1 Å². The highest BCUT2D eigenvalue weighted by atomic mass is 19.4. The van der Waals surface area contributed by atoms with Crippen LogP contribution in [-0.2, 0) is 10.9 Å². The maximum Gasteiger partial charge on any atom is 0.416 e. The number of rotatable bonds is 4. The van der Waals surface area contributed by atoms with Crippen LogP contribution in [0, 0.1) is 0 Å². The van der Waals surface area contributed by atoms with Gasteiger partial charge in [0.15, 0.2) is 0 Å². The van der Waals surface area contributed by atoms with E-state index < -0.39 is 17.8 Å². The van der Waals surface area contributed by atoms with Gasteiger partial charge in [-0.1, -0.05) is 0 Å². The van der Waals surface area contributed by atoms with Crippen molar-refractivity contribution >= 4 is 23.1 Å². The zero-order valence-electron chi connectivity index (χ0n) is 14.7. The molecule has 2 amide bonds. The lowest BCUT2D eigenvalue weighted by atomic mass is 10.2. The minimum Gasteiger partial charge on any atom is -0.380 e. The van der Waals surface area contributed by atoms with Crippen molar-refractivity contribution in [2.24, 2.45) is 0 Å². The van der Waals surface area contributed by atoms with Crippen LogP contribution in [-0.4, -0.2) is 32.3 Å². The zero-order valence-corrected chi connectivity index (χ0v) is 14.7. The Morgan fingerprint density at radius 1 is 1.04 bits per heavy atom. The van der Waals surface area contributed by atoms with Gasteiger partial charge in [-0.05, 0) is 55.0 Å². The SMILES string of the molecule is CO[C@@H]1CCN(c2ccc(NC(=O)Nc3ccc(C(F)(F)F)cc3)cc2)C1. The Morgan fingerprint density at radius 2 is 1.59 bits per heavy atom. The number of carbonyl (C=O) groups excluding carboxylic acids is 1. The molecule has 0 aliphatic carbocycles. The van der Waals surface area contributed by atoms with Gasteiger partial charge in [0.25, 0.3) is 0 Å². The molecule has 0 unspecified atom stereocenters. The van der Waals surface area contributed by atoms with Gasteiger partial charge in [-0.15, -0.1) is 0 Å². The summed E-state index contributed by atoms with van der Waals surface area (Å²) in [6.45, 7) is 1.75. The van der Waals surface area contributed by atoms with Gasteiger partial charge >= 0.3 is 12.2 Å². The first-order chi connectivity index (χ1) is 12.8. The Bertz CT molecular complexity index is 776. The first-order valence-electron chi connectivity index (χ1n) is 8.48. The molecular formula is C19H20F3N3O2. The summed E-state index contributed by atoms with van der Waals surface area (Å²) in [5, 5.41) is 5.17. The summed E-state index contributed by atoms with van der Waals surface area (Å²) in [6, 6.07) is 11.1. The van der Waals surface area contributed by atoms with Crippen molar-refractivity contribution in [1.82, 2.24) is 0 Å². The third-order valence-electron chi connectivity index (χ3n) is 4.44. The third-order valence-corrected chi connectivity index (χ3v) is 4.44. The molecule has 1 saturated heterocycles. The molecule has 0 radical (unpaired) electrons. The van der Waals surface area contributed by atoms with Crippen molar-refractivity contribution in [3.8, 4) is 0 Å². The lowest BCUT2D eigenvalue weighted by molar-refractivity contribution is -0.137. The van der Waals surface area contributed by atoms with Crippen LogP contribution in [0.2, 0.25) is 0 Å². The molecule has 2 aromatic carbocycles. The summed E-state index contributed by atoms with van der Waals surface area (Å²) >= 11 is 0. The number of anilines is 3. The number of methoxy groups -OCH3 is 1. The summed E-state index contributed by atoms with van der Waals surface area (Å²) in [5.41, 5.74) is 1.15. The molecule has 2 aromatic rings. The first kappa shape index (κ1) is 19.0. The average Bonchev–Trinajstić information content (AvgIpc) is 3.11. The van der Waals surface area contributed by atoms with E-state index >= 15 is 0 Å². The summed E-state index contributed by atoms with van der Waals surface area (Å²) < 4.78 is 43.0. The number of alkyl halides is 3. The Kier molecular flexibility index (Phi) is 5.55. The molecule has 0 aromatic heterocycles. The number of amides is 2. The number of nitrogens with zero attached hydrogens (tertiary/aromatic N) is 1. The lowest BCUT2D eigenvalue weighted by Crippen LogP contribution is -2.22. The minimum atomic E-state index is -4.40. The van der Waals surface area contributed by atoms with E-state index in [1.807, 2.05) is 12.1 Å². The number of nitrogens with one attached hydrogen (secondary N) is 2. The standard InChI is InChI=1S/C19H20F3N3O2/c1-27-17-10-11-25(12-17)16-8-6-15(7-9-16)24-18(26)23-14-4-2-13(3-5-14)19(20,21)22/h2-9,17H,10-12H2,1H3,(H2,23,24,26)/t17-/m1/s1. The second-order valence-corrected chi connectivity index (χ2v) is 6.29. The Balaban J connectivity index is 1.55. The third kappa shape index (κ3) is 4.91. The maximum absolute atomic E-state index is 12.5. The van der Waals surface area contributed by atoms with Gasteiger partial charge in [0.1, 0.15) is 0 Å². The van der Waals surface area contributed by atoms with Crippen molar-refractivity contribution in [2.75, 3.05) is 35.7 Å². The van der Waals surface area contributed by atoms with Crippen LogP contribution >= 0.6 is 0 Å². The van der Waals surface area contributed by atoms with Crippen LogP contribution in [0.15, 0.2) is 48.5 Å². The summed E-state index contributed by atoms with van der Waals surface area (Å²) in [5.74, 6) is 0. The molecule has 3 rings (SSSR count). The normalized spacial score (nSPS) is 17.0. The molecule has 1 heterocycles. The van der Waals surface area contributed by atoms with E-state index in [0.717, 1.165) is 37.3 Å². The number of hydrogen-bond acceptors (Lipinski definition) is 3. The van der Waals surface area contributed by atoms with E-state index in [4.69, 9.17) is 4.74 Å². The van der Waals surface area contributed by atoms with Crippen LogP contribution in [0.25, 0.3) is 0 Å². The molecule has 1 aliphatic heterocycles. The quantitative estimate of drug-likeness (QED) is 0.818. The van der Waals surface area contributed by atoms with Gasteiger partial charge in [0.05, 0.1) is 11.7 Å². The fourth-order valence-corrected chi connectivity index (χ4v) is 2.95. The Hall–Kier alpha value is -2.74. The van der Waals surface area contributed by atoms with Crippen LogP contribution in [0.1, 0.15) is 12.0 Å². The highest BCUT2D eigenvalue weighted by molar-refractivity contribution is 5.99. The predicted octanol–water partition coefficient (Wildman–Crippen LogP) is 4.57. The number of urea groups is 1. The maximum atomic E-state index is 12.5. The second-order valence-electron chi connectivity index (χ2n) is 6.29. The Labute approximate surface area is 155 Å². The first-order valence-corrected chi connectivity index (χ1v) is 8.48. The second kappa shape index (κ2) is 7.87. The summed E-state index contributed by atoms with van der Waals surface area (Å²) in [7, 11) is 1.70. The van der Waals surface area contributed by atoms with E-state index in [2.05, 4.69) is 15.5 Å². The largest absolute Gasteiger partial charge is 0.416 e. The lowest BCUT2D eigenvalue weighted by Gasteiger charge is -2.18. The van der Waals surface area contributed by atoms with Crippen molar-refractivity contribution in [1.29, 1.82) is 0 Å². The van der Waals surface area contributed by atoms with Gasteiger partial charge in [-0.2, -0.15) is 13.2 Å². The number of benzene rings is 2. The highest BCUT2D eigenvalue weighted by Gasteiger charge is 2.30. The van der Waals surface area contributed by atoms with Crippen LogP contribution in [0.5, 0.6) is 0 Å². The van der Waals surface area contributed by atoms with Gasteiger partial charge in [-0.3, -0.25) is 0 Å². The minimum absolute atomic E-state index is 0.234. The number of carbonyl (C=O) groups is 1. The van der Waals surface area contributed by atoms with Crippen molar-refractivity contribution < 1.29 is 22.7 Å². The predicted molar refractivity (Wildman–Crippen MR) is 98.2 cm³/mol. The van der Waals surface area contributed by atoms with Crippen LogP contribution < -0.4 is 15.5 Å². The molecule has 0 bridgehead atoms. The van der Waals surface area contributed by atoms with Gasteiger partial charge in [-0.25, -0.2) is 4.79 Å². The molecular weight excluding hydrogens is 359 g/mol. The van der Waals surface area contributed by atoms with E-state index in [1.54, 1.807) is 19.2 Å². The molecule has 1 atom stereocenters. The van der Waals surface area contributed by atoms with E-state index in [0.29, 0.717) is 5.69 Å². The van der Waals surface area contributed by atoms with Crippen LogP contribution in [0.4, 0.5) is 35.0 Å². The highest BCUT2D eigenvalue weighted by Crippen LogP contribution is 2.30. The molecule has 8 heteroatoms. The molecule has 0 saturated carbocycles. The smallest absolute Gasteiger partial charge is 0.380 e. The summed E-state index contributed by atoms with van der Waals surface area (Å²) in [6.07, 6.45) is -3.19. The number of ether oxygens (including phenoxy) is 1. The van der Waals surface area contributed by atoms with E-state index in [-0.39, 0.29) is 11.8 Å². The molecule has 2 N–H and O–H groups in total. The molecule has 1 fully saturated rings. The average molecular weight is 379 g/mol. The van der Waals surface area contributed by atoms with Gasteiger partial charge < -0.3 is 20.3 Å². The molecule has 144 valence electrons. The van der Waals surface area contributed by atoms with Crippen molar-refractivity contribution in [3.05, 3.63) is 54.1 Å². The topological polar surface area (TPSA) is 53.6 Å².